The van der Waals surface area contributed by atoms with Crippen LogP contribution in [0.25, 0.3) is 11.3 Å². The summed E-state index contributed by atoms with van der Waals surface area (Å²) in [4.78, 5) is 16.3. The summed E-state index contributed by atoms with van der Waals surface area (Å²) in [7, 11) is 0. The van der Waals surface area contributed by atoms with Gasteiger partial charge >= 0.3 is 0 Å². The van der Waals surface area contributed by atoms with E-state index in [1.54, 1.807) is 6.20 Å². The van der Waals surface area contributed by atoms with Crippen molar-refractivity contribution in [3.8, 4) is 11.3 Å². The fraction of sp³-hybridized carbons (Fsp3) is 0.444. The van der Waals surface area contributed by atoms with Gasteiger partial charge in [0.15, 0.2) is 11.7 Å². The maximum Gasteiger partial charge on any atom is 0.220 e. The molecule has 1 aromatic carbocycles. The predicted molar refractivity (Wildman–Crippen MR) is 108 cm³/mol. The second-order valence-corrected chi connectivity index (χ2v) is 6.71. The summed E-state index contributed by atoms with van der Waals surface area (Å²) in [5.41, 5.74) is 0.922. The molecule has 1 aliphatic rings. The van der Waals surface area contributed by atoms with E-state index in [4.69, 9.17) is 16.0 Å². The van der Waals surface area contributed by atoms with E-state index in [0.717, 1.165) is 24.9 Å². The van der Waals surface area contributed by atoms with Gasteiger partial charge in [0.05, 0.1) is 6.20 Å². The number of hydrogen-bond donors (Lipinski definition) is 2. The lowest BCUT2D eigenvalue weighted by Crippen LogP contribution is -2.46. The maximum absolute atomic E-state index is 12.1. The van der Waals surface area contributed by atoms with Crippen molar-refractivity contribution in [3.63, 3.8) is 0 Å². The van der Waals surface area contributed by atoms with E-state index in [1.807, 2.05) is 24.3 Å². The number of oxazole rings is 1. The number of piperidine rings is 1. The number of aromatic nitrogens is 1. The third kappa shape index (κ3) is 6.47. The van der Waals surface area contributed by atoms with Crippen LogP contribution in [0.5, 0.6) is 0 Å². The Bertz CT molecular complexity index is 691. The number of hydrogen-bond acceptors (Lipinski definition) is 4. The van der Waals surface area contributed by atoms with Gasteiger partial charge < -0.3 is 15.1 Å². The molecule has 1 aromatic heterocycles. The highest BCUT2D eigenvalue weighted by atomic mass is 35.5. The van der Waals surface area contributed by atoms with Crippen molar-refractivity contribution in [2.24, 2.45) is 0 Å². The molecule has 0 bridgehead atoms. The average Bonchev–Trinajstić information content (AvgIpc) is 3.03. The third-order valence-electron chi connectivity index (χ3n) is 4.24. The Labute approximate surface area is 171 Å². The number of halogens is 3. The van der Waals surface area contributed by atoms with Gasteiger partial charge in [0.25, 0.3) is 0 Å². The molecular formula is C18H24Cl3N3O2. The molecule has 26 heavy (non-hydrogen) atoms. The Balaban J connectivity index is 0.00000169. The standard InChI is InChI=1S/C18H22ClN3O2.2ClH/c1-12-10-15(8-9-20-12)22-17(23)6-7-18-21-11-16(24-18)13-2-4-14(19)5-3-13;;/h2-5,11-12,15,20H,6-10H2,1H3,(H,22,23);2*1H. The third-order valence-corrected chi connectivity index (χ3v) is 4.49. The fourth-order valence-corrected chi connectivity index (χ4v) is 3.08. The summed E-state index contributed by atoms with van der Waals surface area (Å²) in [6.07, 6.45) is 4.53. The van der Waals surface area contributed by atoms with Crippen LogP contribution in [0.15, 0.2) is 34.9 Å². The molecule has 8 heteroatoms. The molecule has 5 nitrogen and oxygen atoms in total. The normalized spacial score (nSPS) is 19.2. The lowest BCUT2D eigenvalue weighted by Gasteiger charge is -2.28. The highest BCUT2D eigenvalue weighted by Gasteiger charge is 2.20. The second-order valence-electron chi connectivity index (χ2n) is 6.27. The van der Waals surface area contributed by atoms with E-state index < -0.39 is 0 Å². The molecule has 144 valence electrons. The number of nitrogens with zero attached hydrogens (tertiary/aromatic N) is 1. The van der Waals surface area contributed by atoms with Gasteiger partial charge in [0.1, 0.15) is 0 Å². The van der Waals surface area contributed by atoms with Crippen LogP contribution in [0.1, 0.15) is 32.1 Å². The van der Waals surface area contributed by atoms with E-state index in [0.29, 0.717) is 35.6 Å². The average molecular weight is 421 g/mol. The van der Waals surface area contributed by atoms with Gasteiger partial charge in [-0.1, -0.05) is 11.6 Å². The Morgan fingerprint density at radius 3 is 2.77 bits per heavy atom. The molecule has 2 aromatic rings. The van der Waals surface area contributed by atoms with E-state index >= 15 is 0 Å². The molecule has 2 unspecified atom stereocenters. The van der Waals surface area contributed by atoms with Crippen molar-refractivity contribution in [1.29, 1.82) is 0 Å². The SMILES string of the molecule is CC1CC(NC(=O)CCc2ncc(-c3ccc(Cl)cc3)o2)CCN1.Cl.Cl. The van der Waals surface area contributed by atoms with Gasteiger partial charge in [-0.05, 0) is 50.6 Å². The van der Waals surface area contributed by atoms with Crippen molar-refractivity contribution in [3.05, 3.63) is 41.4 Å². The smallest absolute Gasteiger partial charge is 0.220 e. The summed E-state index contributed by atoms with van der Waals surface area (Å²) in [6.45, 7) is 3.10. The van der Waals surface area contributed by atoms with E-state index in [2.05, 4.69) is 22.5 Å². The Morgan fingerprint density at radius 2 is 2.08 bits per heavy atom. The van der Waals surface area contributed by atoms with Gasteiger partial charge in [-0.3, -0.25) is 4.79 Å². The Morgan fingerprint density at radius 1 is 1.35 bits per heavy atom. The van der Waals surface area contributed by atoms with E-state index in [-0.39, 0.29) is 36.8 Å². The molecule has 2 atom stereocenters. The highest BCUT2D eigenvalue weighted by Crippen LogP contribution is 2.22. The number of benzene rings is 1. The summed E-state index contributed by atoms with van der Waals surface area (Å²) in [5, 5.41) is 7.16. The summed E-state index contributed by atoms with van der Waals surface area (Å²) in [5.74, 6) is 1.32. The topological polar surface area (TPSA) is 67.2 Å². The van der Waals surface area contributed by atoms with Crippen LogP contribution in [-0.4, -0.2) is 29.5 Å². The largest absolute Gasteiger partial charge is 0.441 e. The van der Waals surface area contributed by atoms with Crippen molar-refractivity contribution in [2.75, 3.05) is 6.54 Å². The zero-order valence-corrected chi connectivity index (χ0v) is 16.9. The molecule has 0 saturated carbocycles. The monoisotopic (exact) mass is 419 g/mol. The second kappa shape index (κ2) is 10.8. The molecule has 1 saturated heterocycles. The number of carbonyl (C=O) groups excluding carboxylic acids is 1. The van der Waals surface area contributed by atoms with Crippen LogP contribution < -0.4 is 10.6 Å². The molecule has 0 aliphatic carbocycles. The van der Waals surface area contributed by atoms with Crippen LogP contribution in [0.4, 0.5) is 0 Å². The van der Waals surface area contributed by atoms with Crippen LogP contribution in [-0.2, 0) is 11.2 Å². The number of aryl methyl sites for hydroxylation is 1. The molecule has 1 aliphatic heterocycles. The molecule has 0 radical (unpaired) electrons. The first-order valence-electron chi connectivity index (χ1n) is 8.33. The molecule has 2 heterocycles. The molecule has 1 amide bonds. The molecule has 0 spiro atoms. The fourth-order valence-electron chi connectivity index (χ4n) is 2.96. The summed E-state index contributed by atoms with van der Waals surface area (Å²) >= 11 is 5.88. The number of nitrogens with one attached hydrogen (secondary N) is 2. The van der Waals surface area contributed by atoms with Crippen LogP contribution >= 0.6 is 36.4 Å². The van der Waals surface area contributed by atoms with Gasteiger partial charge in [0, 0.05) is 35.5 Å². The lowest BCUT2D eigenvalue weighted by molar-refractivity contribution is -0.122. The summed E-state index contributed by atoms with van der Waals surface area (Å²) in [6, 6.07) is 8.12. The van der Waals surface area contributed by atoms with E-state index in [9.17, 15) is 4.79 Å². The molecule has 3 rings (SSSR count). The van der Waals surface area contributed by atoms with Crippen molar-refractivity contribution < 1.29 is 9.21 Å². The minimum absolute atomic E-state index is 0. The van der Waals surface area contributed by atoms with Crippen LogP contribution in [0.3, 0.4) is 0 Å². The zero-order valence-electron chi connectivity index (χ0n) is 14.5. The molecule has 2 N–H and O–H groups in total. The van der Waals surface area contributed by atoms with Gasteiger partial charge in [-0.15, -0.1) is 24.8 Å². The van der Waals surface area contributed by atoms with Gasteiger partial charge in [-0.2, -0.15) is 0 Å². The Kier molecular flexibility index (Phi) is 9.44. The first kappa shape index (κ1) is 22.8. The zero-order chi connectivity index (χ0) is 16.9. The number of rotatable bonds is 5. The van der Waals surface area contributed by atoms with Crippen LogP contribution in [0.2, 0.25) is 5.02 Å². The summed E-state index contributed by atoms with van der Waals surface area (Å²) < 4.78 is 5.72. The van der Waals surface area contributed by atoms with Crippen molar-refractivity contribution >= 4 is 42.3 Å². The van der Waals surface area contributed by atoms with Gasteiger partial charge in [-0.25, -0.2) is 4.98 Å². The first-order chi connectivity index (χ1) is 11.6. The Hall–Kier alpha value is -1.27. The number of carbonyl (C=O) groups is 1. The van der Waals surface area contributed by atoms with Gasteiger partial charge in [0.2, 0.25) is 5.91 Å². The minimum Gasteiger partial charge on any atom is -0.441 e. The number of amides is 1. The quantitative estimate of drug-likeness (QED) is 0.766. The van der Waals surface area contributed by atoms with Crippen molar-refractivity contribution in [1.82, 2.24) is 15.6 Å². The molecule has 1 fully saturated rings. The maximum atomic E-state index is 12.1. The minimum atomic E-state index is 0. The highest BCUT2D eigenvalue weighted by molar-refractivity contribution is 6.30. The van der Waals surface area contributed by atoms with E-state index in [1.165, 1.54) is 0 Å². The molecular weight excluding hydrogens is 397 g/mol. The first-order valence-corrected chi connectivity index (χ1v) is 8.71. The lowest BCUT2D eigenvalue weighted by atomic mass is 10.0. The predicted octanol–water partition coefficient (Wildman–Crippen LogP) is 4.03. The van der Waals surface area contributed by atoms with Crippen LogP contribution in [0, 0.1) is 0 Å². The van der Waals surface area contributed by atoms with Crippen molar-refractivity contribution in [2.45, 2.75) is 44.7 Å².